The normalized spacial score (nSPS) is 13.5. The molecular weight excluding hydrogens is 439 g/mol. The number of ether oxygens (including phenoxy) is 1. The Kier molecular flexibility index (Phi) is 6.91. The maximum Gasteiger partial charge on any atom is 0.274 e. The van der Waals surface area contributed by atoms with Gasteiger partial charge in [-0.2, -0.15) is 0 Å². The third-order valence-electron chi connectivity index (χ3n) is 5.66. The minimum atomic E-state index is -0.583. The summed E-state index contributed by atoms with van der Waals surface area (Å²) in [6.07, 6.45) is 0. The number of halogens is 1. The van der Waals surface area contributed by atoms with E-state index in [4.69, 9.17) is 4.74 Å². The zero-order valence-corrected chi connectivity index (χ0v) is 18.7. The molecule has 176 valence electrons. The van der Waals surface area contributed by atoms with Gasteiger partial charge in [0.15, 0.2) is 17.2 Å². The highest BCUT2D eigenvalue weighted by molar-refractivity contribution is 5.96. The molecule has 0 radical (unpaired) electrons. The predicted octanol–water partition coefficient (Wildman–Crippen LogP) is 2.83. The van der Waals surface area contributed by atoms with E-state index in [2.05, 4.69) is 10.3 Å². The van der Waals surface area contributed by atoms with Crippen molar-refractivity contribution in [1.82, 2.24) is 15.2 Å². The Hall–Kier alpha value is -4.14. The Morgan fingerprint density at radius 2 is 1.74 bits per heavy atom. The van der Waals surface area contributed by atoms with Gasteiger partial charge in [-0.15, -0.1) is 0 Å². The lowest BCUT2D eigenvalue weighted by molar-refractivity contribution is 0.0746. The van der Waals surface area contributed by atoms with Crippen LogP contribution in [0, 0.1) is 5.82 Å². The van der Waals surface area contributed by atoms with Gasteiger partial charge in [0.2, 0.25) is 0 Å². The maximum atomic E-state index is 13.1. The van der Waals surface area contributed by atoms with E-state index < -0.39 is 5.91 Å². The van der Waals surface area contributed by atoms with Gasteiger partial charge in [-0.3, -0.25) is 9.59 Å². The van der Waals surface area contributed by atoms with Crippen molar-refractivity contribution in [3.63, 3.8) is 0 Å². The Balaban J connectivity index is 1.46. The van der Waals surface area contributed by atoms with Crippen molar-refractivity contribution in [3.8, 4) is 11.5 Å². The monoisotopic (exact) mass is 464 g/mol. The minimum absolute atomic E-state index is 0.0302. The average molecular weight is 464 g/mol. The van der Waals surface area contributed by atoms with Crippen LogP contribution in [0.25, 0.3) is 0 Å². The molecule has 1 fully saturated rings. The number of pyridine rings is 1. The summed E-state index contributed by atoms with van der Waals surface area (Å²) >= 11 is 0. The Morgan fingerprint density at radius 3 is 2.38 bits per heavy atom. The van der Waals surface area contributed by atoms with E-state index in [1.165, 1.54) is 19.2 Å². The number of nitrogens with zero attached hydrogens (tertiary/aromatic N) is 3. The number of anilines is 1. The van der Waals surface area contributed by atoms with Crippen LogP contribution in [0.3, 0.4) is 0 Å². The first-order chi connectivity index (χ1) is 16.5. The fraction of sp³-hybridized carbons (Fsp3) is 0.240. The van der Waals surface area contributed by atoms with Crippen molar-refractivity contribution in [2.75, 3.05) is 38.2 Å². The Morgan fingerprint density at radius 1 is 1.06 bits per heavy atom. The number of rotatable bonds is 6. The van der Waals surface area contributed by atoms with Gasteiger partial charge in [0.1, 0.15) is 11.6 Å². The van der Waals surface area contributed by atoms with Crippen molar-refractivity contribution in [3.05, 3.63) is 83.3 Å². The topological polar surface area (TPSA) is 95.0 Å². The molecule has 2 amide bonds. The third kappa shape index (κ3) is 5.09. The molecule has 2 N–H and O–H groups in total. The van der Waals surface area contributed by atoms with E-state index in [-0.39, 0.29) is 35.5 Å². The number of aromatic nitrogens is 1. The molecule has 1 saturated heterocycles. The number of benzene rings is 2. The number of piperazine rings is 1. The number of aromatic hydroxyl groups is 1. The van der Waals surface area contributed by atoms with Gasteiger partial charge in [-0.05, 0) is 29.8 Å². The van der Waals surface area contributed by atoms with Crippen LogP contribution in [0.2, 0.25) is 0 Å². The summed E-state index contributed by atoms with van der Waals surface area (Å²) in [5.41, 5.74) is 1.18. The second-order valence-corrected chi connectivity index (χ2v) is 7.83. The smallest absolute Gasteiger partial charge is 0.274 e. The molecule has 0 aliphatic carbocycles. The van der Waals surface area contributed by atoms with E-state index >= 15 is 0 Å². The van der Waals surface area contributed by atoms with Gasteiger partial charge >= 0.3 is 0 Å². The molecule has 0 spiro atoms. The standard InChI is InChI=1S/C25H25FN4O4/c1-34-20-15-21(29-11-13-30(14-12-29)25(33)18-5-3-2-4-6-18)28-22(23(20)31)24(32)27-16-17-7-9-19(26)10-8-17/h2-10,15,31H,11-14,16H2,1H3,(H,27,32). The second-order valence-electron chi connectivity index (χ2n) is 7.83. The summed E-state index contributed by atoms with van der Waals surface area (Å²) in [5, 5.41) is 13.2. The van der Waals surface area contributed by atoms with Gasteiger partial charge in [-0.1, -0.05) is 30.3 Å². The number of hydrogen-bond acceptors (Lipinski definition) is 6. The molecule has 0 atom stereocenters. The van der Waals surface area contributed by atoms with Gasteiger partial charge < -0.3 is 25.0 Å². The molecular formula is C25H25FN4O4. The summed E-state index contributed by atoms with van der Waals surface area (Å²) in [6, 6.07) is 16.4. The van der Waals surface area contributed by atoms with Crippen LogP contribution in [-0.2, 0) is 6.54 Å². The predicted molar refractivity (Wildman–Crippen MR) is 125 cm³/mol. The first-order valence-corrected chi connectivity index (χ1v) is 10.9. The first kappa shape index (κ1) is 23.0. The molecule has 1 aromatic heterocycles. The van der Waals surface area contributed by atoms with Crippen LogP contribution < -0.4 is 15.0 Å². The largest absolute Gasteiger partial charge is 0.503 e. The minimum Gasteiger partial charge on any atom is -0.503 e. The molecule has 0 bridgehead atoms. The van der Waals surface area contributed by atoms with E-state index in [1.807, 2.05) is 23.1 Å². The molecule has 34 heavy (non-hydrogen) atoms. The van der Waals surface area contributed by atoms with Crippen LogP contribution in [-0.4, -0.2) is 60.1 Å². The average Bonchev–Trinajstić information content (AvgIpc) is 2.88. The molecule has 2 heterocycles. The van der Waals surface area contributed by atoms with E-state index in [1.54, 1.807) is 35.2 Å². The third-order valence-corrected chi connectivity index (χ3v) is 5.66. The highest BCUT2D eigenvalue weighted by Gasteiger charge is 2.26. The fourth-order valence-corrected chi connectivity index (χ4v) is 3.75. The van der Waals surface area contributed by atoms with Gasteiger partial charge in [0.25, 0.3) is 11.8 Å². The van der Waals surface area contributed by atoms with Crippen LogP contribution in [0.5, 0.6) is 11.5 Å². The van der Waals surface area contributed by atoms with Crippen molar-refractivity contribution in [2.24, 2.45) is 0 Å². The lowest BCUT2D eigenvalue weighted by Crippen LogP contribution is -2.49. The number of carbonyl (C=O) groups excluding carboxylic acids is 2. The summed E-state index contributed by atoms with van der Waals surface area (Å²) in [4.78, 5) is 33.6. The molecule has 1 aliphatic heterocycles. The van der Waals surface area contributed by atoms with Crippen molar-refractivity contribution < 1.29 is 23.8 Å². The van der Waals surface area contributed by atoms with E-state index in [9.17, 15) is 19.1 Å². The van der Waals surface area contributed by atoms with Crippen LogP contribution in [0.1, 0.15) is 26.4 Å². The number of amides is 2. The summed E-state index contributed by atoms with van der Waals surface area (Å²) in [7, 11) is 1.40. The summed E-state index contributed by atoms with van der Waals surface area (Å²) < 4.78 is 18.3. The highest BCUT2D eigenvalue weighted by atomic mass is 19.1. The number of methoxy groups -OCH3 is 1. The quantitative estimate of drug-likeness (QED) is 0.583. The fourth-order valence-electron chi connectivity index (χ4n) is 3.75. The Labute approximate surface area is 196 Å². The van der Waals surface area contributed by atoms with Gasteiger partial charge in [-0.25, -0.2) is 9.37 Å². The van der Waals surface area contributed by atoms with Crippen molar-refractivity contribution in [1.29, 1.82) is 0 Å². The number of hydrogen-bond donors (Lipinski definition) is 2. The molecule has 0 saturated carbocycles. The molecule has 1 aliphatic rings. The van der Waals surface area contributed by atoms with E-state index in [0.29, 0.717) is 43.1 Å². The molecule has 4 rings (SSSR count). The summed E-state index contributed by atoms with van der Waals surface area (Å²) in [5.74, 6) is -0.747. The Bertz CT molecular complexity index is 1160. The number of carbonyl (C=O) groups is 2. The first-order valence-electron chi connectivity index (χ1n) is 10.9. The zero-order chi connectivity index (χ0) is 24.1. The van der Waals surface area contributed by atoms with E-state index in [0.717, 1.165) is 0 Å². The van der Waals surface area contributed by atoms with Crippen molar-refractivity contribution >= 4 is 17.6 Å². The number of nitrogens with one attached hydrogen (secondary N) is 1. The SMILES string of the molecule is COc1cc(N2CCN(C(=O)c3ccccc3)CC2)nc(C(=O)NCc2ccc(F)cc2)c1O. The van der Waals surface area contributed by atoms with Crippen LogP contribution in [0.15, 0.2) is 60.7 Å². The van der Waals surface area contributed by atoms with Crippen molar-refractivity contribution in [2.45, 2.75) is 6.54 Å². The zero-order valence-electron chi connectivity index (χ0n) is 18.7. The second kappa shape index (κ2) is 10.2. The molecule has 0 unspecified atom stereocenters. The lowest BCUT2D eigenvalue weighted by Gasteiger charge is -2.35. The molecule has 2 aromatic carbocycles. The molecule has 3 aromatic rings. The van der Waals surface area contributed by atoms with Crippen LogP contribution >= 0.6 is 0 Å². The molecule has 8 nitrogen and oxygen atoms in total. The molecule has 9 heteroatoms. The van der Waals surface area contributed by atoms with Gasteiger partial charge in [0.05, 0.1) is 7.11 Å². The summed E-state index contributed by atoms with van der Waals surface area (Å²) in [6.45, 7) is 2.15. The van der Waals surface area contributed by atoms with Crippen LogP contribution in [0.4, 0.5) is 10.2 Å². The lowest BCUT2D eigenvalue weighted by atomic mass is 10.2. The van der Waals surface area contributed by atoms with Gasteiger partial charge in [0, 0.05) is 44.4 Å². The highest BCUT2D eigenvalue weighted by Crippen LogP contribution is 2.33. The maximum absolute atomic E-state index is 13.1.